The number of benzene rings is 1. The SMILES string of the molecule is COC(=O)c1ccc(C)c(OCc2nnc(C3CCC3)n2C)c1. The summed E-state index contributed by atoms with van der Waals surface area (Å²) in [4.78, 5) is 11.6. The molecule has 1 aliphatic carbocycles. The van der Waals surface area contributed by atoms with Crippen molar-refractivity contribution in [1.82, 2.24) is 14.8 Å². The second kappa shape index (κ2) is 6.40. The average Bonchev–Trinajstić information content (AvgIpc) is 2.85. The van der Waals surface area contributed by atoms with Gasteiger partial charge in [0.1, 0.15) is 18.2 Å². The van der Waals surface area contributed by atoms with Crippen molar-refractivity contribution in [3.8, 4) is 5.75 Å². The number of hydrogen-bond donors (Lipinski definition) is 0. The Morgan fingerprint density at radius 3 is 2.78 bits per heavy atom. The van der Waals surface area contributed by atoms with Gasteiger partial charge in [0.05, 0.1) is 12.7 Å². The van der Waals surface area contributed by atoms with E-state index >= 15 is 0 Å². The van der Waals surface area contributed by atoms with Gasteiger partial charge < -0.3 is 14.0 Å². The highest BCUT2D eigenvalue weighted by molar-refractivity contribution is 5.89. The van der Waals surface area contributed by atoms with Crippen molar-refractivity contribution in [3.63, 3.8) is 0 Å². The van der Waals surface area contributed by atoms with Crippen LogP contribution in [0.15, 0.2) is 18.2 Å². The van der Waals surface area contributed by atoms with Crippen molar-refractivity contribution < 1.29 is 14.3 Å². The third-order valence-electron chi connectivity index (χ3n) is 4.44. The number of nitrogens with zero attached hydrogens (tertiary/aromatic N) is 3. The number of carbonyl (C=O) groups is 1. The van der Waals surface area contributed by atoms with Gasteiger partial charge in [-0.1, -0.05) is 12.5 Å². The molecule has 6 nitrogen and oxygen atoms in total. The minimum Gasteiger partial charge on any atom is -0.485 e. The van der Waals surface area contributed by atoms with Crippen molar-refractivity contribution in [3.05, 3.63) is 41.0 Å². The van der Waals surface area contributed by atoms with Crippen LogP contribution in [0.25, 0.3) is 0 Å². The Balaban J connectivity index is 1.73. The van der Waals surface area contributed by atoms with Crippen molar-refractivity contribution in [1.29, 1.82) is 0 Å². The molecule has 1 heterocycles. The van der Waals surface area contributed by atoms with Crippen LogP contribution in [0.2, 0.25) is 0 Å². The van der Waals surface area contributed by atoms with Crippen LogP contribution in [0.3, 0.4) is 0 Å². The molecule has 23 heavy (non-hydrogen) atoms. The highest BCUT2D eigenvalue weighted by Gasteiger charge is 2.25. The van der Waals surface area contributed by atoms with E-state index in [0.29, 0.717) is 23.8 Å². The number of esters is 1. The number of methoxy groups -OCH3 is 1. The molecule has 1 aliphatic rings. The molecule has 1 fully saturated rings. The summed E-state index contributed by atoms with van der Waals surface area (Å²) in [5.41, 5.74) is 1.43. The molecule has 122 valence electrons. The van der Waals surface area contributed by atoms with Crippen molar-refractivity contribution in [2.24, 2.45) is 7.05 Å². The van der Waals surface area contributed by atoms with Crippen LogP contribution >= 0.6 is 0 Å². The van der Waals surface area contributed by atoms with Gasteiger partial charge in [-0.15, -0.1) is 10.2 Å². The molecule has 6 heteroatoms. The van der Waals surface area contributed by atoms with Gasteiger partial charge in [0.25, 0.3) is 0 Å². The molecule has 0 amide bonds. The van der Waals surface area contributed by atoms with E-state index in [-0.39, 0.29) is 5.97 Å². The summed E-state index contributed by atoms with van der Waals surface area (Å²) in [6, 6.07) is 5.27. The molecule has 0 saturated heterocycles. The number of aryl methyl sites for hydroxylation is 1. The fourth-order valence-corrected chi connectivity index (χ4v) is 2.67. The monoisotopic (exact) mass is 315 g/mol. The molecule has 0 bridgehead atoms. The first kappa shape index (κ1) is 15.5. The van der Waals surface area contributed by atoms with E-state index < -0.39 is 0 Å². The van der Waals surface area contributed by atoms with Crippen LogP contribution in [0.5, 0.6) is 5.75 Å². The van der Waals surface area contributed by atoms with E-state index in [1.807, 2.05) is 24.6 Å². The standard InChI is InChI=1S/C17H21N3O3/c1-11-7-8-13(17(21)22-3)9-14(11)23-10-15-18-19-16(20(15)2)12-5-4-6-12/h7-9,12H,4-6,10H2,1-3H3. The predicted octanol–water partition coefficient (Wildman–Crippen LogP) is 2.76. The summed E-state index contributed by atoms with van der Waals surface area (Å²) >= 11 is 0. The molecule has 3 rings (SSSR count). The van der Waals surface area contributed by atoms with Crippen LogP contribution < -0.4 is 4.74 Å². The van der Waals surface area contributed by atoms with E-state index in [1.54, 1.807) is 12.1 Å². The lowest BCUT2D eigenvalue weighted by atomic mass is 9.85. The number of hydrogen-bond acceptors (Lipinski definition) is 5. The topological polar surface area (TPSA) is 66.2 Å². The Bertz CT molecular complexity index is 720. The smallest absolute Gasteiger partial charge is 0.337 e. The lowest BCUT2D eigenvalue weighted by Gasteiger charge is -2.24. The highest BCUT2D eigenvalue weighted by atomic mass is 16.5. The lowest BCUT2D eigenvalue weighted by molar-refractivity contribution is 0.0600. The van der Waals surface area contributed by atoms with Gasteiger partial charge in [0.15, 0.2) is 5.82 Å². The quantitative estimate of drug-likeness (QED) is 0.794. The summed E-state index contributed by atoms with van der Waals surface area (Å²) in [6.07, 6.45) is 3.64. The van der Waals surface area contributed by atoms with Crippen LogP contribution in [0.4, 0.5) is 0 Å². The Morgan fingerprint density at radius 2 is 2.13 bits per heavy atom. The Kier molecular flexibility index (Phi) is 4.32. The molecular weight excluding hydrogens is 294 g/mol. The van der Waals surface area contributed by atoms with E-state index in [0.717, 1.165) is 17.2 Å². The summed E-state index contributed by atoms with van der Waals surface area (Å²) in [5, 5.41) is 8.52. The first-order valence-corrected chi connectivity index (χ1v) is 7.80. The Labute approximate surface area is 135 Å². The zero-order valence-electron chi connectivity index (χ0n) is 13.7. The summed E-state index contributed by atoms with van der Waals surface area (Å²) in [7, 11) is 3.34. The molecule has 0 N–H and O–H groups in total. The fourth-order valence-electron chi connectivity index (χ4n) is 2.67. The maximum absolute atomic E-state index is 11.6. The Hall–Kier alpha value is -2.37. The van der Waals surface area contributed by atoms with E-state index in [9.17, 15) is 4.79 Å². The van der Waals surface area contributed by atoms with E-state index in [1.165, 1.54) is 26.4 Å². The van der Waals surface area contributed by atoms with Crippen molar-refractivity contribution >= 4 is 5.97 Å². The van der Waals surface area contributed by atoms with Crippen LogP contribution in [0.1, 0.15) is 52.8 Å². The van der Waals surface area contributed by atoms with Crippen LogP contribution in [-0.4, -0.2) is 27.8 Å². The largest absolute Gasteiger partial charge is 0.485 e. The molecule has 1 aromatic heterocycles. The second-order valence-corrected chi connectivity index (χ2v) is 5.92. The fraction of sp³-hybridized carbons (Fsp3) is 0.471. The lowest BCUT2D eigenvalue weighted by Crippen LogP contribution is -2.15. The van der Waals surface area contributed by atoms with Gasteiger partial charge in [-0.05, 0) is 37.5 Å². The molecular formula is C17H21N3O3. The summed E-state index contributed by atoms with van der Waals surface area (Å²) < 4.78 is 12.6. The molecule has 0 unspecified atom stereocenters. The van der Waals surface area contributed by atoms with Gasteiger partial charge in [-0.2, -0.15) is 0 Å². The van der Waals surface area contributed by atoms with Gasteiger partial charge in [0.2, 0.25) is 0 Å². The van der Waals surface area contributed by atoms with Crippen LogP contribution in [-0.2, 0) is 18.4 Å². The Morgan fingerprint density at radius 1 is 1.35 bits per heavy atom. The average molecular weight is 315 g/mol. The van der Waals surface area contributed by atoms with Gasteiger partial charge in [0, 0.05) is 13.0 Å². The number of rotatable bonds is 5. The van der Waals surface area contributed by atoms with Crippen LogP contribution in [0, 0.1) is 6.92 Å². The maximum atomic E-state index is 11.6. The molecule has 0 spiro atoms. The minimum absolute atomic E-state index is 0.321. The number of ether oxygens (including phenoxy) is 2. The zero-order chi connectivity index (χ0) is 16.4. The van der Waals surface area contributed by atoms with Gasteiger partial charge >= 0.3 is 5.97 Å². The third-order valence-corrected chi connectivity index (χ3v) is 4.44. The van der Waals surface area contributed by atoms with E-state index in [4.69, 9.17) is 9.47 Å². The highest BCUT2D eigenvalue weighted by Crippen LogP contribution is 2.35. The van der Waals surface area contributed by atoms with E-state index in [2.05, 4.69) is 10.2 Å². The summed E-state index contributed by atoms with van der Waals surface area (Å²) in [6.45, 7) is 2.26. The normalized spacial score (nSPS) is 14.4. The second-order valence-electron chi connectivity index (χ2n) is 5.92. The predicted molar refractivity (Wildman–Crippen MR) is 84.4 cm³/mol. The number of carbonyl (C=O) groups excluding carboxylic acids is 1. The molecule has 0 radical (unpaired) electrons. The molecule has 0 aliphatic heterocycles. The molecule has 2 aromatic rings. The zero-order valence-corrected chi connectivity index (χ0v) is 13.7. The summed E-state index contributed by atoms with van der Waals surface area (Å²) in [5.74, 6) is 2.64. The maximum Gasteiger partial charge on any atom is 0.337 e. The molecule has 0 atom stereocenters. The number of aromatic nitrogens is 3. The molecule has 1 saturated carbocycles. The van der Waals surface area contributed by atoms with Crippen molar-refractivity contribution in [2.75, 3.05) is 7.11 Å². The first-order chi connectivity index (χ1) is 11.1. The molecule has 1 aromatic carbocycles. The van der Waals surface area contributed by atoms with Gasteiger partial charge in [-0.3, -0.25) is 0 Å². The van der Waals surface area contributed by atoms with Gasteiger partial charge in [-0.25, -0.2) is 4.79 Å². The minimum atomic E-state index is -0.374. The van der Waals surface area contributed by atoms with Crippen molar-refractivity contribution in [2.45, 2.75) is 38.7 Å². The third kappa shape index (κ3) is 3.06. The first-order valence-electron chi connectivity index (χ1n) is 7.80.